The van der Waals surface area contributed by atoms with Crippen molar-refractivity contribution in [3.8, 4) is 11.5 Å². The van der Waals surface area contributed by atoms with Gasteiger partial charge in [0.15, 0.2) is 0 Å². The molecule has 2 rings (SSSR count). The van der Waals surface area contributed by atoms with Gasteiger partial charge in [-0.05, 0) is 42.5 Å². The third-order valence-electron chi connectivity index (χ3n) is 2.94. The Morgan fingerprint density at radius 3 is 1.83 bits per heavy atom. The number of rotatable bonds is 5. The summed E-state index contributed by atoms with van der Waals surface area (Å²) in [5, 5.41) is 20.3. The zero-order valence-corrected chi connectivity index (χ0v) is 12.5. The number of hydrogen-bond acceptors (Lipinski definition) is 5. The molecule has 0 saturated heterocycles. The fourth-order valence-corrected chi connectivity index (χ4v) is 1.84. The molecule has 0 fully saturated rings. The molecule has 0 radical (unpaired) electrons. The van der Waals surface area contributed by atoms with Gasteiger partial charge in [0.2, 0.25) is 0 Å². The molecule has 124 valence electrons. The first-order valence-corrected chi connectivity index (χ1v) is 6.63. The second-order valence-corrected chi connectivity index (χ2v) is 4.60. The molecule has 8 nitrogen and oxygen atoms in total. The van der Waals surface area contributed by atoms with E-state index in [4.69, 9.17) is 19.7 Å². The third kappa shape index (κ3) is 4.23. The predicted octanol–water partition coefficient (Wildman–Crippen LogP) is 2.70. The summed E-state index contributed by atoms with van der Waals surface area (Å²) in [7, 11) is 1.50. The Hall–Kier alpha value is -3.55. The van der Waals surface area contributed by atoms with E-state index in [-0.39, 0.29) is 22.6 Å². The molecular weight excluding hydrogens is 318 g/mol. The molecular formula is C16H13NO7. The molecule has 0 bridgehead atoms. The van der Waals surface area contributed by atoms with Gasteiger partial charge in [-0.3, -0.25) is 5.32 Å². The Balaban J connectivity index is 2.15. The van der Waals surface area contributed by atoms with Crippen LogP contribution in [0.25, 0.3) is 0 Å². The summed E-state index contributed by atoms with van der Waals surface area (Å²) in [5.74, 6) is -1.81. The lowest BCUT2D eigenvalue weighted by molar-refractivity contribution is 0.0696. The normalized spacial score (nSPS) is 9.88. The van der Waals surface area contributed by atoms with Crippen molar-refractivity contribution in [2.75, 3.05) is 12.4 Å². The number of hydrogen-bond donors (Lipinski definition) is 3. The fraction of sp³-hybridized carbons (Fsp3) is 0.0625. The molecule has 1 amide bonds. The van der Waals surface area contributed by atoms with Gasteiger partial charge in [-0.2, -0.15) is 0 Å². The van der Waals surface area contributed by atoms with E-state index in [0.717, 1.165) is 18.2 Å². The Morgan fingerprint density at radius 1 is 0.875 bits per heavy atom. The summed E-state index contributed by atoms with van der Waals surface area (Å²) < 4.78 is 9.99. The van der Waals surface area contributed by atoms with Crippen LogP contribution >= 0.6 is 0 Å². The molecule has 0 heterocycles. The molecule has 2 aromatic rings. The number of carbonyl (C=O) groups excluding carboxylic acids is 1. The minimum Gasteiger partial charge on any atom is -0.497 e. The number of methoxy groups -OCH3 is 1. The first kappa shape index (κ1) is 16.8. The maximum absolute atomic E-state index is 11.8. The average Bonchev–Trinajstić information content (AvgIpc) is 2.55. The molecule has 0 spiro atoms. The van der Waals surface area contributed by atoms with Crippen LogP contribution in [0.5, 0.6) is 11.5 Å². The molecule has 3 N–H and O–H groups in total. The summed E-state index contributed by atoms with van der Waals surface area (Å²) in [6, 6.07) is 9.45. The first-order chi connectivity index (χ1) is 11.4. The van der Waals surface area contributed by atoms with Crippen molar-refractivity contribution < 1.29 is 34.1 Å². The standard InChI is InChI=1S/C16H13NO7/c1-23-12-2-4-13(5-3-12)24-16(22)17-11-7-9(14(18)19)6-10(8-11)15(20)21/h2-8H,1H3,(H,17,22)(H,18,19)(H,20,21). The maximum Gasteiger partial charge on any atom is 0.417 e. The van der Waals surface area contributed by atoms with Gasteiger partial charge in [-0.1, -0.05) is 0 Å². The van der Waals surface area contributed by atoms with Crippen molar-refractivity contribution in [1.29, 1.82) is 0 Å². The molecule has 0 aliphatic heterocycles. The highest BCUT2D eigenvalue weighted by atomic mass is 16.6. The van der Waals surface area contributed by atoms with E-state index in [9.17, 15) is 14.4 Å². The molecule has 0 atom stereocenters. The molecule has 0 saturated carbocycles. The van der Waals surface area contributed by atoms with E-state index in [2.05, 4.69) is 5.32 Å². The molecule has 0 aromatic heterocycles. The number of carboxylic acids is 2. The first-order valence-electron chi connectivity index (χ1n) is 6.63. The molecule has 0 aliphatic carbocycles. The summed E-state index contributed by atoms with van der Waals surface area (Å²) >= 11 is 0. The summed E-state index contributed by atoms with van der Waals surface area (Å²) in [6.45, 7) is 0. The van der Waals surface area contributed by atoms with E-state index >= 15 is 0 Å². The average molecular weight is 331 g/mol. The lowest BCUT2D eigenvalue weighted by Crippen LogP contribution is -2.17. The van der Waals surface area contributed by atoms with Crippen LogP contribution in [0, 0.1) is 0 Å². The Morgan fingerprint density at radius 2 is 1.38 bits per heavy atom. The van der Waals surface area contributed by atoms with E-state index in [1.54, 1.807) is 12.1 Å². The Kier molecular flexibility index (Phi) is 5.00. The van der Waals surface area contributed by atoms with Crippen LogP contribution in [0.4, 0.5) is 10.5 Å². The number of carbonyl (C=O) groups is 3. The van der Waals surface area contributed by atoms with E-state index in [1.165, 1.54) is 19.2 Å². The van der Waals surface area contributed by atoms with Gasteiger partial charge in [0.25, 0.3) is 0 Å². The molecule has 0 aliphatic rings. The second kappa shape index (κ2) is 7.14. The second-order valence-electron chi connectivity index (χ2n) is 4.60. The highest BCUT2D eigenvalue weighted by Gasteiger charge is 2.13. The van der Waals surface area contributed by atoms with Crippen molar-refractivity contribution in [2.45, 2.75) is 0 Å². The number of amides is 1. The lowest BCUT2D eigenvalue weighted by atomic mass is 10.1. The zero-order valence-electron chi connectivity index (χ0n) is 12.5. The summed E-state index contributed by atoms with van der Waals surface area (Å²) in [5.41, 5.74) is -0.546. The van der Waals surface area contributed by atoms with Gasteiger partial charge in [-0.25, -0.2) is 14.4 Å². The van der Waals surface area contributed by atoms with Gasteiger partial charge in [0, 0.05) is 5.69 Å². The van der Waals surface area contributed by atoms with Gasteiger partial charge < -0.3 is 19.7 Å². The van der Waals surface area contributed by atoms with Gasteiger partial charge in [0.1, 0.15) is 11.5 Å². The predicted molar refractivity (Wildman–Crippen MR) is 83.0 cm³/mol. The van der Waals surface area contributed by atoms with Crippen molar-refractivity contribution >= 4 is 23.7 Å². The Bertz CT molecular complexity index is 751. The van der Waals surface area contributed by atoms with Gasteiger partial charge in [-0.15, -0.1) is 0 Å². The fourth-order valence-electron chi connectivity index (χ4n) is 1.84. The minimum atomic E-state index is -1.32. The molecule has 24 heavy (non-hydrogen) atoms. The number of ether oxygens (including phenoxy) is 2. The van der Waals surface area contributed by atoms with Crippen LogP contribution in [-0.2, 0) is 0 Å². The van der Waals surface area contributed by atoms with Crippen molar-refractivity contribution in [3.05, 3.63) is 53.6 Å². The van der Waals surface area contributed by atoms with Crippen LogP contribution in [-0.4, -0.2) is 35.4 Å². The van der Waals surface area contributed by atoms with E-state index < -0.39 is 18.0 Å². The lowest BCUT2D eigenvalue weighted by Gasteiger charge is -2.09. The van der Waals surface area contributed by atoms with Gasteiger partial charge in [0.05, 0.1) is 18.2 Å². The monoisotopic (exact) mass is 331 g/mol. The van der Waals surface area contributed by atoms with Crippen LogP contribution in [0.2, 0.25) is 0 Å². The molecule has 8 heteroatoms. The largest absolute Gasteiger partial charge is 0.497 e. The number of anilines is 1. The quantitative estimate of drug-likeness (QED) is 0.770. The van der Waals surface area contributed by atoms with E-state index in [0.29, 0.717) is 5.75 Å². The number of nitrogens with one attached hydrogen (secondary N) is 1. The van der Waals surface area contributed by atoms with E-state index in [1.807, 2.05) is 0 Å². The van der Waals surface area contributed by atoms with Crippen LogP contribution in [0.3, 0.4) is 0 Å². The molecule has 0 unspecified atom stereocenters. The van der Waals surface area contributed by atoms with Crippen LogP contribution < -0.4 is 14.8 Å². The number of aromatic carboxylic acids is 2. The highest BCUT2D eigenvalue weighted by Crippen LogP contribution is 2.19. The zero-order chi connectivity index (χ0) is 17.7. The van der Waals surface area contributed by atoms with Crippen LogP contribution in [0.15, 0.2) is 42.5 Å². The third-order valence-corrected chi connectivity index (χ3v) is 2.94. The van der Waals surface area contributed by atoms with Gasteiger partial charge >= 0.3 is 18.0 Å². The SMILES string of the molecule is COc1ccc(OC(=O)Nc2cc(C(=O)O)cc(C(=O)O)c2)cc1. The number of carboxylic acid groups (broad SMARTS) is 2. The summed E-state index contributed by atoms with van der Waals surface area (Å²) in [6.07, 6.45) is -0.890. The van der Waals surface area contributed by atoms with Crippen molar-refractivity contribution in [1.82, 2.24) is 0 Å². The van der Waals surface area contributed by atoms with Crippen LogP contribution in [0.1, 0.15) is 20.7 Å². The van der Waals surface area contributed by atoms with Crippen molar-refractivity contribution in [3.63, 3.8) is 0 Å². The summed E-state index contributed by atoms with van der Waals surface area (Å²) in [4.78, 5) is 33.9. The topological polar surface area (TPSA) is 122 Å². The smallest absolute Gasteiger partial charge is 0.417 e. The number of benzene rings is 2. The molecule has 2 aromatic carbocycles. The van der Waals surface area contributed by atoms with Crippen molar-refractivity contribution in [2.24, 2.45) is 0 Å². The highest BCUT2D eigenvalue weighted by molar-refractivity contribution is 5.97. The maximum atomic E-state index is 11.8. The Labute approximate surface area is 136 Å². The minimum absolute atomic E-state index is 0.00851.